The highest BCUT2D eigenvalue weighted by molar-refractivity contribution is 5.93. The lowest BCUT2D eigenvalue weighted by molar-refractivity contribution is -0.139. The topological polar surface area (TPSA) is 112 Å². The van der Waals surface area contributed by atoms with Crippen molar-refractivity contribution in [1.82, 2.24) is 34.8 Å². The van der Waals surface area contributed by atoms with E-state index in [0.717, 1.165) is 44.1 Å². The van der Waals surface area contributed by atoms with E-state index in [-0.39, 0.29) is 36.2 Å². The average Bonchev–Trinajstić information content (AvgIpc) is 3.68. The monoisotopic (exact) mass is 573 g/mol. The molecule has 10 heteroatoms. The maximum absolute atomic E-state index is 14.1. The Morgan fingerprint density at radius 3 is 2.62 bits per heavy atom. The summed E-state index contributed by atoms with van der Waals surface area (Å²) in [5.74, 6) is 0.293. The number of amides is 3. The quantitative estimate of drug-likeness (QED) is 0.345. The first-order chi connectivity index (χ1) is 20.5. The second-order valence-electron chi connectivity index (χ2n) is 11.5. The van der Waals surface area contributed by atoms with Gasteiger partial charge in [0.1, 0.15) is 11.7 Å². The van der Waals surface area contributed by atoms with E-state index in [0.29, 0.717) is 44.1 Å². The highest BCUT2D eigenvalue weighted by atomic mass is 16.2. The van der Waals surface area contributed by atoms with Crippen LogP contribution in [0.4, 0.5) is 0 Å². The summed E-state index contributed by atoms with van der Waals surface area (Å²) in [4.78, 5) is 53.3. The summed E-state index contributed by atoms with van der Waals surface area (Å²) in [6.45, 7) is 4.41. The van der Waals surface area contributed by atoms with E-state index in [2.05, 4.69) is 32.7 Å². The van der Waals surface area contributed by atoms with Gasteiger partial charge in [0, 0.05) is 44.3 Å². The molecule has 1 saturated heterocycles. The summed E-state index contributed by atoms with van der Waals surface area (Å²) in [5.41, 5.74) is 1.49. The van der Waals surface area contributed by atoms with Crippen molar-refractivity contribution in [3.05, 3.63) is 66.2 Å². The number of aromatic nitrogens is 3. The second-order valence-corrected chi connectivity index (χ2v) is 11.5. The zero-order valence-electron chi connectivity index (χ0n) is 24.6. The largest absolute Gasteiger partial charge is 0.343 e. The van der Waals surface area contributed by atoms with Crippen LogP contribution in [0.5, 0.6) is 0 Å². The van der Waals surface area contributed by atoms with Gasteiger partial charge in [-0.2, -0.15) is 0 Å². The maximum Gasteiger partial charge on any atom is 0.274 e. The molecule has 0 bridgehead atoms. The van der Waals surface area contributed by atoms with Gasteiger partial charge in [0.05, 0.1) is 6.54 Å². The molecule has 1 aliphatic carbocycles. The van der Waals surface area contributed by atoms with Gasteiger partial charge in [0.15, 0.2) is 0 Å². The van der Waals surface area contributed by atoms with Gasteiger partial charge in [0.25, 0.3) is 5.91 Å². The molecular weight excluding hydrogens is 530 g/mol. The van der Waals surface area contributed by atoms with Crippen LogP contribution in [-0.2, 0) is 16.0 Å². The molecule has 2 atom stereocenters. The van der Waals surface area contributed by atoms with Crippen molar-refractivity contribution in [1.29, 1.82) is 0 Å². The van der Waals surface area contributed by atoms with Crippen LogP contribution < -0.4 is 10.6 Å². The van der Waals surface area contributed by atoms with Gasteiger partial charge in [-0.3, -0.25) is 18.8 Å². The summed E-state index contributed by atoms with van der Waals surface area (Å²) in [5, 5.41) is 6.16. The van der Waals surface area contributed by atoms with Crippen LogP contribution in [-0.4, -0.2) is 86.7 Å². The predicted octanol–water partition coefficient (Wildman–Crippen LogP) is 3.08. The molecule has 2 N–H and O–H groups in total. The van der Waals surface area contributed by atoms with Crippen molar-refractivity contribution in [2.24, 2.45) is 5.92 Å². The highest BCUT2D eigenvalue weighted by Gasteiger charge is 2.39. The van der Waals surface area contributed by atoms with Crippen LogP contribution in [0, 0.1) is 5.92 Å². The standard InChI is InChI=1S/C32H43N7O3/c1-2-33-21-28(40)36-29(25-13-7-4-8-14-25)31(42)39-19-9-15-26(39)22-37(20-16-24-11-5-3-6-12-24)30(41)27-23-38-18-10-17-34-32(38)35-27/h3,5-6,10-12,17-18,23,25-26,29,33H,2,4,7-9,13-16,19-22H2,1H3,(H,36,40). The van der Waals surface area contributed by atoms with Crippen LogP contribution in [0.2, 0.25) is 0 Å². The number of nitrogens with zero attached hydrogens (tertiary/aromatic N) is 5. The fourth-order valence-electron chi connectivity index (χ4n) is 6.34. The molecule has 2 unspecified atom stereocenters. The minimum absolute atomic E-state index is 0.0124. The first-order valence-electron chi connectivity index (χ1n) is 15.5. The van der Waals surface area contributed by atoms with E-state index in [9.17, 15) is 14.4 Å². The van der Waals surface area contributed by atoms with Crippen molar-refractivity contribution >= 4 is 23.5 Å². The molecule has 1 aromatic carbocycles. The SMILES string of the molecule is CCNCC(=O)NC(C(=O)N1CCCC1CN(CCc1ccccc1)C(=O)c1cn2cccnc2n1)C1CCCCC1. The molecule has 5 rings (SSSR count). The van der Waals surface area contributed by atoms with Crippen molar-refractivity contribution < 1.29 is 14.4 Å². The van der Waals surface area contributed by atoms with E-state index in [1.54, 1.807) is 22.9 Å². The Morgan fingerprint density at radius 1 is 1.05 bits per heavy atom. The smallest absolute Gasteiger partial charge is 0.274 e. The fourth-order valence-corrected chi connectivity index (χ4v) is 6.34. The number of nitrogens with one attached hydrogen (secondary N) is 2. The molecule has 42 heavy (non-hydrogen) atoms. The summed E-state index contributed by atoms with van der Waals surface area (Å²) >= 11 is 0. The van der Waals surface area contributed by atoms with Crippen LogP contribution in [0.25, 0.3) is 5.78 Å². The van der Waals surface area contributed by atoms with Crippen molar-refractivity contribution in [2.75, 3.05) is 32.7 Å². The van der Waals surface area contributed by atoms with Gasteiger partial charge in [0.2, 0.25) is 17.6 Å². The molecule has 3 amide bonds. The van der Waals surface area contributed by atoms with E-state index < -0.39 is 6.04 Å². The lowest BCUT2D eigenvalue weighted by Crippen LogP contribution is -2.56. The molecule has 0 spiro atoms. The van der Waals surface area contributed by atoms with Crippen LogP contribution in [0.15, 0.2) is 55.0 Å². The Bertz CT molecular complexity index is 1310. The third-order valence-corrected chi connectivity index (χ3v) is 8.59. The Hall–Kier alpha value is -3.79. The van der Waals surface area contributed by atoms with Crippen LogP contribution in [0.3, 0.4) is 0 Å². The number of carbonyl (C=O) groups is 3. The molecule has 224 valence electrons. The number of imidazole rings is 1. The summed E-state index contributed by atoms with van der Waals surface area (Å²) < 4.78 is 1.75. The number of benzene rings is 1. The van der Waals surface area contributed by atoms with Gasteiger partial charge in [-0.25, -0.2) is 9.97 Å². The lowest BCUT2D eigenvalue weighted by Gasteiger charge is -2.36. The first kappa shape index (κ1) is 29.7. The number of likely N-dealkylation sites (tertiary alicyclic amines) is 1. The molecule has 2 aromatic heterocycles. The maximum atomic E-state index is 14.1. The fraction of sp³-hybridized carbons (Fsp3) is 0.531. The minimum Gasteiger partial charge on any atom is -0.343 e. The van der Waals surface area contributed by atoms with Crippen molar-refractivity contribution in [2.45, 2.75) is 70.4 Å². The Balaban J connectivity index is 1.35. The summed E-state index contributed by atoms with van der Waals surface area (Å²) in [6, 6.07) is 11.3. The number of hydrogen-bond donors (Lipinski definition) is 2. The molecule has 1 aliphatic heterocycles. The summed E-state index contributed by atoms with van der Waals surface area (Å²) in [6.07, 6.45) is 12.8. The zero-order valence-corrected chi connectivity index (χ0v) is 24.6. The molecule has 0 radical (unpaired) electrons. The lowest BCUT2D eigenvalue weighted by atomic mass is 9.83. The van der Waals surface area contributed by atoms with E-state index in [1.807, 2.05) is 41.1 Å². The number of hydrogen-bond acceptors (Lipinski definition) is 6. The van der Waals surface area contributed by atoms with E-state index in [4.69, 9.17) is 0 Å². The number of carbonyl (C=O) groups excluding carboxylic acids is 3. The van der Waals surface area contributed by atoms with Crippen molar-refractivity contribution in [3.8, 4) is 0 Å². The average molecular weight is 574 g/mol. The third-order valence-electron chi connectivity index (χ3n) is 8.59. The molecule has 10 nitrogen and oxygen atoms in total. The number of likely N-dealkylation sites (N-methyl/N-ethyl adjacent to an activating group) is 1. The van der Waals surface area contributed by atoms with Gasteiger partial charge in [-0.1, -0.05) is 56.5 Å². The van der Waals surface area contributed by atoms with Gasteiger partial charge in [-0.05, 0) is 56.2 Å². The molecule has 2 fully saturated rings. The summed E-state index contributed by atoms with van der Waals surface area (Å²) in [7, 11) is 0. The van der Waals surface area contributed by atoms with E-state index >= 15 is 0 Å². The Labute approximate surface area is 247 Å². The predicted molar refractivity (Wildman–Crippen MR) is 161 cm³/mol. The zero-order chi connectivity index (χ0) is 29.3. The number of rotatable bonds is 12. The minimum atomic E-state index is -0.532. The van der Waals surface area contributed by atoms with Gasteiger partial charge >= 0.3 is 0 Å². The Morgan fingerprint density at radius 2 is 1.86 bits per heavy atom. The first-order valence-corrected chi connectivity index (χ1v) is 15.5. The van der Waals surface area contributed by atoms with Gasteiger partial charge in [-0.15, -0.1) is 0 Å². The second kappa shape index (κ2) is 14.4. The van der Waals surface area contributed by atoms with E-state index in [1.165, 1.54) is 6.42 Å². The Kier molecular flexibility index (Phi) is 10.2. The molecule has 3 aromatic rings. The molecule has 2 aliphatic rings. The normalized spacial score (nSPS) is 18.2. The molecular formula is C32H43N7O3. The number of fused-ring (bicyclic) bond motifs is 1. The molecule has 1 saturated carbocycles. The highest BCUT2D eigenvalue weighted by Crippen LogP contribution is 2.29. The van der Waals surface area contributed by atoms with Crippen LogP contribution in [0.1, 0.15) is 67.9 Å². The van der Waals surface area contributed by atoms with Crippen molar-refractivity contribution in [3.63, 3.8) is 0 Å². The van der Waals surface area contributed by atoms with Crippen LogP contribution >= 0.6 is 0 Å². The van der Waals surface area contributed by atoms with Gasteiger partial charge < -0.3 is 20.4 Å². The molecule has 3 heterocycles. The third kappa shape index (κ3) is 7.34.